The number of rotatable bonds is 1. The third-order valence-corrected chi connectivity index (χ3v) is 4.69. The van der Waals surface area contributed by atoms with Gasteiger partial charge in [-0.05, 0) is 44.8 Å². The molecule has 2 rings (SSSR count). The maximum absolute atomic E-state index is 13.5. The lowest BCUT2D eigenvalue weighted by Crippen LogP contribution is -2.19. The van der Waals surface area contributed by atoms with Crippen LogP contribution < -0.4 is 0 Å². The molecule has 0 spiro atoms. The predicted octanol–water partition coefficient (Wildman–Crippen LogP) is 6.10. The molecule has 0 amide bonds. The fourth-order valence-corrected chi connectivity index (χ4v) is 3.23. The van der Waals surface area contributed by atoms with Crippen LogP contribution in [0.3, 0.4) is 0 Å². The molecule has 0 aliphatic carbocycles. The van der Waals surface area contributed by atoms with Gasteiger partial charge < -0.3 is 0 Å². The Morgan fingerprint density at radius 3 is 2.14 bits per heavy atom. The van der Waals surface area contributed by atoms with Crippen LogP contribution in [0.2, 0.25) is 5.02 Å². The molecule has 10 heteroatoms. The maximum atomic E-state index is 13.5. The highest BCUT2D eigenvalue weighted by molar-refractivity contribution is 7.77. The molecule has 2 aromatic rings. The molecule has 0 N–H and O–H groups in total. The molecule has 0 bridgehead atoms. The molecule has 0 saturated carbocycles. The van der Waals surface area contributed by atoms with Crippen LogP contribution >= 0.6 is 18.5 Å². The lowest BCUT2D eigenvalue weighted by Gasteiger charge is -2.14. The molecule has 0 atom stereocenters. The second-order valence-corrected chi connectivity index (χ2v) is 10.8. The molecule has 0 aliphatic heterocycles. The summed E-state index contributed by atoms with van der Waals surface area (Å²) in [6, 6.07) is 2.59. The first-order valence-corrected chi connectivity index (χ1v) is 11.0. The minimum atomic E-state index is -5.26. The summed E-state index contributed by atoms with van der Waals surface area (Å²) < 4.78 is 80.6. The van der Waals surface area contributed by atoms with Gasteiger partial charge >= 0.3 is 12.4 Å². The number of alkyl halides is 6. The van der Waals surface area contributed by atoms with Crippen LogP contribution in [0, 0.1) is 18.5 Å². The van der Waals surface area contributed by atoms with Crippen molar-refractivity contribution in [3.8, 4) is 22.8 Å². The van der Waals surface area contributed by atoms with E-state index in [0.29, 0.717) is 0 Å². The maximum Gasteiger partial charge on any atom is 0.433 e. The van der Waals surface area contributed by atoms with Gasteiger partial charge in [0.15, 0.2) is 5.69 Å². The van der Waals surface area contributed by atoms with Gasteiger partial charge in [-0.1, -0.05) is 29.5 Å². The summed E-state index contributed by atoms with van der Waals surface area (Å²) in [5.41, 5.74) is -1.28. The Morgan fingerprint density at radius 2 is 1.68 bits per heavy atom. The van der Waals surface area contributed by atoms with Crippen molar-refractivity contribution in [2.45, 2.75) is 19.3 Å². The molecule has 152 valence electrons. The van der Waals surface area contributed by atoms with E-state index in [4.69, 9.17) is 11.6 Å². The molecule has 1 aromatic carbocycles. The minimum absolute atomic E-state index is 0.118. The largest absolute Gasteiger partial charge is 0.433 e. The standard InChI is InChI=1S/C18H16ClF6N2P/c1-10-8-13(19)11(6-7-28(3,4)5)9-12(10)15-14(17(20,21)22)16(18(23,24)25)27(2)26-15/h8-9H,3H2,1-2,4-5H3. The van der Waals surface area contributed by atoms with E-state index in [0.717, 1.165) is 7.05 Å². The Labute approximate surface area is 163 Å². The van der Waals surface area contributed by atoms with Crippen LogP contribution in [0.15, 0.2) is 12.1 Å². The van der Waals surface area contributed by atoms with Gasteiger partial charge in [0.25, 0.3) is 0 Å². The quantitative estimate of drug-likeness (QED) is 0.297. The molecule has 0 aliphatic rings. The SMILES string of the molecule is C=P(C)(C)C#Cc1cc(-c2nn(C)c(C(F)(F)F)c2C(F)(F)F)c(C)cc1Cl. The van der Waals surface area contributed by atoms with Gasteiger partial charge in [0.1, 0.15) is 11.3 Å². The average Bonchev–Trinajstić information content (AvgIpc) is 2.82. The van der Waals surface area contributed by atoms with Crippen LogP contribution in [0.1, 0.15) is 22.4 Å². The normalized spacial score (nSPS) is 12.7. The molecular formula is C18H16ClF6N2P. The smallest absolute Gasteiger partial charge is 0.262 e. The number of halogens is 7. The van der Waals surface area contributed by atoms with E-state index in [1.807, 2.05) is 13.3 Å². The lowest BCUT2D eigenvalue weighted by atomic mass is 9.98. The Hall–Kier alpha value is -1.84. The third-order valence-electron chi connectivity index (χ3n) is 3.66. The van der Waals surface area contributed by atoms with Crippen molar-refractivity contribution in [2.24, 2.45) is 7.05 Å². The summed E-state index contributed by atoms with van der Waals surface area (Å²) in [5.74, 6) is 2.77. The fourth-order valence-electron chi connectivity index (χ4n) is 2.54. The van der Waals surface area contributed by atoms with E-state index < -0.39 is 36.2 Å². The van der Waals surface area contributed by atoms with Gasteiger partial charge in [-0.3, -0.25) is 4.68 Å². The molecule has 1 heterocycles. The molecule has 1 aromatic heterocycles. The van der Waals surface area contributed by atoms with Gasteiger partial charge in [0.05, 0.1) is 5.02 Å². The van der Waals surface area contributed by atoms with Gasteiger partial charge in [0, 0.05) is 18.2 Å². The van der Waals surface area contributed by atoms with Crippen LogP contribution in [0.5, 0.6) is 0 Å². The number of aromatic nitrogens is 2. The summed E-state index contributed by atoms with van der Waals surface area (Å²) in [6.45, 7) is 3.33. The molecule has 0 unspecified atom stereocenters. The Balaban J connectivity index is 2.86. The van der Waals surface area contributed by atoms with E-state index in [1.165, 1.54) is 19.1 Å². The first kappa shape index (κ1) is 22.4. The van der Waals surface area contributed by atoms with Crippen LogP contribution in [0.4, 0.5) is 26.3 Å². The van der Waals surface area contributed by atoms with Gasteiger partial charge in [-0.25, -0.2) is 0 Å². The second kappa shape index (κ2) is 7.20. The van der Waals surface area contributed by atoms with Crippen molar-refractivity contribution in [1.82, 2.24) is 9.78 Å². The molecule has 0 radical (unpaired) electrons. The summed E-state index contributed by atoms with van der Waals surface area (Å²) in [6.07, 6.45) is -6.58. The van der Waals surface area contributed by atoms with Crippen molar-refractivity contribution < 1.29 is 26.3 Å². The predicted molar refractivity (Wildman–Crippen MR) is 101 cm³/mol. The third kappa shape index (κ3) is 4.76. The number of benzene rings is 1. The van der Waals surface area contributed by atoms with E-state index in [1.54, 1.807) is 0 Å². The highest BCUT2D eigenvalue weighted by Crippen LogP contribution is 2.45. The van der Waals surface area contributed by atoms with Crippen LogP contribution in [-0.2, 0) is 19.4 Å². The molecule has 0 fully saturated rings. The monoisotopic (exact) mass is 440 g/mol. The topological polar surface area (TPSA) is 17.8 Å². The first-order chi connectivity index (χ1) is 12.5. The number of nitrogens with zero attached hydrogens (tertiary/aromatic N) is 2. The zero-order valence-electron chi connectivity index (χ0n) is 15.3. The van der Waals surface area contributed by atoms with Crippen LogP contribution in [0.25, 0.3) is 11.3 Å². The van der Waals surface area contributed by atoms with E-state index in [-0.39, 0.29) is 26.4 Å². The Morgan fingerprint density at radius 1 is 1.11 bits per heavy atom. The Kier molecular flexibility index (Phi) is 5.77. The molecular weight excluding hydrogens is 425 g/mol. The average molecular weight is 441 g/mol. The number of hydrogen-bond acceptors (Lipinski definition) is 1. The molecule has 0 saturated heterocycles. The first-order valence-electron chi connectivity index (χ1n) is 7.76. The van der Waals surface area contributed by atoms with Gasteiger partial charge in [-0.15, -0.1) is 0 Å². The highest BCUT2D eigenvalue weighted by atomic mass is 35.5. The van der Waals surface area contributed by atoms with Crippen molar-refractivity contribution in [3.63, 3.8) is 0 Å². The Bertz CT molecular complexity index is 1030. The number of hydrogen-bond donors (Lipinski definition) is 0. The van der Waals surface area contributed by atoms with Gasteiger partial charge in [-0.2, -0.15) is 31.4 Å². The minimum Gasteiger partial charge on any atom is -0.262 e. The fraction of sp³-hybridized carbons (Fsp3) is 0.333. The zero-order chi connectivity index (χ0) is 21.7. The van der Waals surface area contributed by atoms with Crippen molar-refractivity contribution in [1.29, 1.82) is 0 Å². The van der Waals surface area contributed by atoms with E-state index >= 15 is 0 Å². The summed E-state index contributed by atoms with van der Waals surface area (Å²) in [4.78, 5) is 0. The number of aryl methyl sites for hydroxylation is 2. The van der Waals surface area contributed by atoms with E-state index in [9.17, 15) is 26.3 Å². The van der Waals surface area contributed by atoms with Crippen molar-refractivity contribution >= 4 is 24.8 Å². The summed E-state index contributed by atoms with van der Waals surface area (Å²) in [7, 11) is 0.823. The van der Waals surface area contributed by atoms with Crippen molar-refractivity contribution in [2.75, 3.05) is 13.3 Å². The molecule has 28 heavy (non-hydrogen) atoms. The summed E-state index contributed by atoms with van der Waals surface area (Å²) in [5, 5.41) is 3.72. The van der Waals surface area contributed by atoms with Gasteiger partial charge in [0.2, 0.25) is 0 Å². The second-order valence-electron chi connectivity index (χ2n) is 6.76. The van der Waals surface area contributed by atoms with Crippen molar-refractivity contribution in [3.05, 3.63) is 39.5 Å². The lowest BCUT2D eigenvalue weighted by molar-refractivity contribution is -0.165. The van der Waals surface area contributed by atoms with E-state index in [2.05, 4.69) is 23.0 Å². The highest BCUT2D eigenvalue weighted by Gasteiger charge is 2.49. The van der Waals surface area contributed by atoms with Crippen LogP contribution in [-0.4, -0.2) is 29.4 Å². The summed E-state index contributed by atoms with van der Waals surface area (Å²) >= 11 is 6.12. The zero-order valence-corrected chi connectivity index (χ0v) is 17.0. The molecule has 2 nitrogen and oxygen atoms in total.